The van der Waals surface area contributed by atoms with Gasteiger partial charge in [-0.05, 0) is 43.0 Å². The molecule has 1 aromatic heterocycles. The molecule has 4 aromatic rings. The van der Waals surface area contributed by atoms with E-state index in [1.807, 2.05) is 75.4 Å². The van der Waals surface area contributed by atoms with Crippen molar-refractivity contribution in [1.29, 1.82) is 0 Å². The van der Waals surface area contributed by atoms with Crippen LogP contribution in [-0.2, 0) is 4.79 Å². The first-order valence-corrected chi connectivity index (χ1v) is 14.6. The third-order valence-corrected chi connectivity index (χ3v) is 7.61. The molecule has 0 fully saturated rings. The minimum absolute atomic E-state index is 0.0206. The zero-order chi connectivity index (χ0) is 31.5. The number of nitrogens with two attached hydrogens (primary N) is 1. The summed E-state index contributed by atoms with van der Waals surface area (Å²) in [7, 11) is 0. The molecular formula is C36H40N2O5. The molecule has 0 saturated heterocycles. The summed E-state index contributed by atoms with van der Waals surface area (Å²) in [6.07, 6.45) is 0.789. The van der Waals surface area contributed by atoms with Gasteiger partial charge in [0, 0.05) is 46.4 Å². The lowest BCUT2D eigenvalue weighted by Gasteiger charge is -2.23. The number of ketones is 2. The predicted octanol–water partition coefficient (Wildman–Crippen LogP) is 8.12. The Kier molecular flexibility index (Phi) is 9.34. The van der Waals surface area contributed by atoms with E-state index in [0.717, 1.165) is 27.8 Å². The first kappa shape index (κ1) is 31.4. The average molecular weight is 581 g/mol. The summed E-state index contributed by atoms with van der Waals surface area (Å²) >= 11 is 0. The quantitative estimate of drug-likeness (QED) is 0.0784. The van der Waals surface area contributed by atoms with E-state index in [0.29, 0.717) is 53.0 Å². The molecule has 7 heteroatoms. The van der Waals surface area contributed by atoms with Gasteiger partial charge in [-0.1, -0.05) is 76.6 Å². The van der Waals surface area contributed by atoms with Gasteiger partial charge in [0.1, 0.15) is 22.9 Å². The van der Waals surface area contributed by atoms with Crippen molar-refractivity contribution in [1.82, 2.24) is 0 Å². The standard InChI is InChI=1S/C36H40N2O5/c1-8-29(40)33-28-16-27(25-14-11-23(5)26(15-25)30(41)18-36(6,7)35(37)38-20-39)31(42-19-21(2)3)17-32(28)43-34(33)24-12-9-22(4)10-13-24/h9-17,20-21H,8,18-19H2,1-7H3,(H2,37,38,39). The molecule has 2 N–H and O–H groups in total. The van der Waals surface area contributed by atoms with Gasteiger partial charge in [0.15, 0.2) is 11.6 Å². The number of nitrogens with zero attached hydrogens (tertiary/aromatic N) is 1. The summed E-state index contributed by atoms with van der Waals surface area (Å²) in [5.74, 6) is 1.38. The van der Waals surface area contributed by atoms with Crippen molar-refractivity contribution < 1.29 is 23.5 Å². The maximum absolute atomic E-state index is 13.6. The number of ether oxygens (including phenoxy) is 1. The molecule has 224 valence electrons. The Morgan fingerprint density at radius 1 is 1.00 bits per heavy atom. The number of amidine groups is 1. The lowest BCUT2D eigenvalue weighted by molar-refractivity contribution is -0.106. The third kappa shape index (κ3) is 6.77. The zero-order valence-corrected chi connectivity index (χ0v) is 26.0. The molecule has 0 unspecified atom stereocenters. The number of carbonyl (C=O) groups excluding carboxylic acids is 3. The first-order valence-electron chi connectivity index (χ1n) is 14.6. The molecule has 0 atom stereocenters. The van der Waals surface area contributed by atoms with Gasteiger partial charge >= 0.3 is 0 Å². The molecule has 0 aliphatic rings. The number of furan rings is 1. The zero-order valence-electron chi connectivity index (χ0n) is 26.0. The van der Waals surface area contributed by atoms with Crippen molar-refractivity contribution in [2.75, 3.05) is 6.61 Å². The Morgan fingerprint density at radius 3 is 2.30 bits per heavy atom. The van der Waals surface area contributed by atoms with E-state index < -0.39 is 5.41 Å². The fourth-order valence-electron chi connectivity index (χ4n) is 5.00. The highest BCUT2D eigenvalue weighted by atomic mass is 16.5. The topological polar surface area (TPSA) is 112 Å². The number of benzene rings is 3. The van der Waals surface area contributed by atoms with E-state index in [4.69, 9.17) is 14.9 Å². The number of fused-ring (bicyclic) bond motifs is 1. The summed E-state index contributed by atoms with van der Waals surface area (Å²) in [5, 5.41) is 0.696. The molecule has 1 amide bonds. The minimum atomic E-state index is -0.802. The van der Waals surface area contributed by atoms with E-state index in [1.54, 1.807) is 13.8 Å². The normalized spacial score (nSPS) is 12.1. The molecular weight excluding hydrogens is 540 g/mol. The number of rotatable bonds is 12. The predicted molar refractivity (Wildman–Crippen MR) is 172 cm³/mol. The van der Waals surface area contributed by atoms with Crippen molar-refractivity contribution >= 4 is 34.8 Å². The number of amides is 1. The molecule has 0 saturated carbocycles. The smallest absolute Gasteiger partial charge is 0.234 e. The van der Waals surface area contributed by atoms with Crippen LogP contribution < -0.4 is 10.5 Å². The minimum Gasteiger partial charge on any atom is -0.493 e. The van der Waals surface area contributed by atoms with Crippen molar-refractivity contribution in [3.05, 3.63) is 76.9 Å². The van der Waals surface area contributed by atoms with Gasteiger partial charge in [-0.3, -0.25) is 14.4 Å². The molecule has 0 aliphatic carbocycles. The van der Waals surface area contributed by atoms with Gasteiger partial charge in [0.2, 0.25) is 6.41 Å². The average Bonchev–Trinajstić information content (AvgIpc) is 3.34. The number of aryl methyl sites for hydroxylation is 2. The second-order valence-corrected chi connectivity index (χ2v) is 12.1. The molecule has 0 aliphatic heterocycles. The molecule has 43 heavy (non-hydrogen) atoms. The Morgan fingerprint density at radius 2 is 1.67 bits per heavy atom. The summed E-state index contributed by atoms with van der Waals surface area (Å²) in [4.78, 5) is 41.5. The van der Waals surface area contributed by atoms with Gasteiger partial charge < -0.3 is 14.9 Å². The maximum Gasteiger partial charge on any atom is 0.234 e. The van der Waals surface area contributed by atoms with Crippen LogP contribution in [-0.4, -0.2) is 30.4 Å². The van der Waals surface area contributed by atoms with Gasteiger partial charge in [-0.25, -0.2) is 4.99 Å². The van der Waals surface area contributed by atoms with Crippen LogP contribution in [0.5, 0.6) is 5.75 Å². The van der Waals surface area contributed by atoms with E-state index in [2.05, 4.69) is 18.8 Å². The van der Waals surface area contributed by atoms with Crippen LogP contribution >= 0.6 is 0 Å². The van der Waals surface area contributed by atoms with Crippen molar-refractivity contribution in [3.63, 3.8) is 0 Å². The van der Waals surface area contributed by atoms with Crippen molar-refractivity contribution in [3.8, 4) is 28.2 Å². The lowest BCUT2D eigenvalue weighted by atomic mass is 9.83. The van der Waals surface area contributed by atoms with Crippen LogP contribution in [0.3, 0.4) is 0 Å². The summed E-state index contributed by atoms with van der Waals surface area (Å²) in [6.45, 7) is 13.9. The fraction of sp³-hybridized carbons (Fsp3) is 0.333. The van der Waals surface area contributed by atoms with Crippen LogP contribution in [0.4, 0.5) is 0 Å². The Balaban J connectivity index is 1.90. The highest BCUT2D eigenvalue weighted by Crippen LogP contribution is 2.42. The molecule has 0 spiro atoms. The van der Waals surface area contributed by atoms with Crippen LogP contribution in [0, 0.1) is 25.2 Å². The number of hydrogen-bond donors (Lipinski definition) is 1. The van der Waals surface area contributed by atoms with E-state index in [-0.39, 0.29) is 29.7 Å². The molecule has 1 heterocycles. The summed E-state index contributed by atoms with van der Waals surface area (Å²) in [5.41, 5.74) is 11.1. The van der Waals surface area contributed by atoms with E-state index >= 15 is 0 Å². The van der Waals surface area contributed by atoms with E-state index in [1.165, 1.54) is 0 Å². The number of Topliss-reactive ketones (excluding diaryl/α,β-unsaturated/α-hetero) is 2. The van der Waals surface area contributed by atoms with Gasteiger partial charge in [-0.2, -0.15) is 0 Å². The van der Waals surface area contributed by atoms with Crippen molar-refractivity contribution in [2.24, 2.45) is 22.1 Å². The van der Waals surface area contributed by atoms with Crippen LogP contribution in [0.25, 0.3) is 33.4 Å². The monoisotopic (exact) mass is 580 g/mol. The SMILES string of the molecule is CCC(=O)c1c(-c2ccc(C)cc2)oc2cc(OCC(C)C)c(-c3ccc(C)c(C(=O)CC(C)(C)C(N)=NC=O)c3)cc12. The molecule has 3 aromatic carbocycles. The third-order valence-electron chi connectivity index (χ3n) is 7.61. The Hall–Kier alpha value is -4.52. The number of hydrogen-bond acceptors (Lipinski definition) is 5. The van der Waals surface area contributed by atoms with Crippen LogP contribution in [0.1, 0.15) is 79.3 Å². The molecule has 0 bridgehead atoms. The molecule has 7 nitrogen and oxygen atoms in total. The Labute approximate surface area is 253 Å². The van der Waals surface area contributed by atoms with Gasteiger partial charge in [0.25, 0.3) is 0 Å². The highest BCUT2D eigenvalue weighted by Gasteiger charge is 2.28. The van der Waals surface area contributed by atoms with Gasteiger partial charge in [0.05, 0.1) is 12.2 Å². The largest absolute Gasteiger partial charge is 0.493 e. The van der Waals surface area contributed by atoms with Crippen molar-refractivity contribution in [2.45, 2.75) is 61.3 Å². The molecule has 4 rings (SSSR count). The summed E-state index contributed by atoms with van der Waals surface area (Å²) in [6, 6.07) is 17.4. The summed E-state index contributed by atoms with van der Waals surface area (Å²) < 4.78 is 12.7. The molecule has 0 radical (unpaired) electrons. The maximum atomic E-state index is 13.6. The fourth-order valence-corrected chi connectivity index (χ4v) is 5.00. The first-order chi connectivity index (χ1) is 20.4. The van der Waals surface area contributed by atoms with Gasteiger partial charge in [-0.15, -0.1) is 0 Å². The number of aliphatic imine (C=N–C) groups is 1. The highest BCUT2D eigenvalue weighted by molar-refractivity contribution is 6.13. The van der Waals surface area contributed by atoms with E-state index in [9.17, 15) is 14.4 Å². The second kappa shape index (κ2) is 12.8. The number of carbonyl (C=O) groups is 3. The Bertz CT molecular complexity index is 1710. The lowest BCUT2D eigenvalue weighted by Crippen LogP contribution is -2.34. The van der Waals surface area contributed by atoms with Crippen LogP contribution in [0.2, 0.25) is 0 Å². The van der Waals surface area contributed by atoms with Crippen LogP contribution in [0.15, 0.2) is 64.0 Å². The second-order valence-electron chi connectivity index (χ2n) is 12.1.